The first-order valence-corrected chi connectivity index (χ1v) is 13.7. The molecule has 4 atom stereocenters. The first kappa shape index (κ1) is 27.6. The molecular weight excluding hydrogens is 576 g/mol. The van der Waals surface area contributed by atoms with E-state index < -0.39 is 23.0 Å². The summed E-state index contributed by atoms with van der Waals surface area (Å²) >= 11 is 0. The second-order valence-electron chi connectivity index (χ2n) is 11.8. The van der Waals surface area contributed by atoms with Gasteiger partial charge in [0.15, 0.2) is 46.0 Å². The molecule has 0 saturated heterocycles. The van der Waals surface area contributed by atoms with Crippen LogP contribution in [0.1, 0.15) is 45.2 Å². The molecule has 228 valence electrons. The molecule has 8 rings (SSSR count). The number of aliphatic hydroxyl groups is 2. The Bertz CT molecular complexity index is 1730. The van der Waals surface area contributed by atoms with Crippen molar-refractivity contribution in [2.75, 3.05) is 13.2 Å². The van der Waals surface area contributed by atoms with Crippen molar-refractivity contribution >= 4 is 0 Å². The predicted molar refractivity (Wildman–Crippen MR) is 151 cm³/mol. The highest BCUT2D eigenvalue weighted by atomic mass is 16.5. The standard InChI is InChI=1S/2C16H14O6/c2*17-10-2-1-8-13-9-4-12(19)11(18)3-7(9)5-16(13,21)6-22-15(8)14(10)20/h2*1-4,13,17-21H,5-6H2/t2*13-,16+/m00/s1. The Kier molecular flexibility index (Phi) is 5.74. The Labute approximate surface area is 249 Å². The average Bonchev–Trinajstić information content (AvgIpc) is 3.43. The molecule has 2 aliphatic heterocycles. The van der Waals surface area contributed by atoms with Gasteiger partial charge in [0.05, 0.1) is 0 Å². The van der Waals surface area contributed by atoms with Gasteiger partial charge in [-0.3, -0.25) is 0 Å². The maximum absolute atomic E-state index is 10.9. The van der Waals surface area contributed by atoms with Gasteiger partial charge in [0, 0.05) is 35.8 Å². The number of hydrogen-bond acceptors (Lipinski definition) is 12. The maximum Gasteiger partial charge on any atom is 0.200 e. The third-order valence-corrected chi connectivity index (χ3v) is 9.00. The summed E-state index contributed by atoms with van der Waals surface area (Å²) in [5.74, 6) is -3.08. The second-order valence-corrected chi connectivity index (χ2v) is 11.8. The van der Waals surface area contributed by atoms with Gasteiger partial charge in [-0.2, -0.15) is 0 Å². The van der Waals surface area contributed by atoms with E-state index in [0.29, 0.717) is 33.4 Å². The van der Waals surface area contributed by atoms with Crippen molar-refractivity contribution in [3.63, 3.8) is 0 Å². The van der Waals surface area contributed by atoms with Gasteiger partial charge in [-0.1, -0.05) is 12.1 Å². The van der Waals surface area contributed by atoms with Crippen LogP contribution in [-0.2, 0) is 12.8 Å². The number of aromatic hydroxyl groups is 8. The summed E-state index contributed by atoms with van der Waals surface area (Å²) in [6.07, 6.45) is 0.532. The Morgan fingerprint density at radius 2 is 0.841 bits per heavy atom. The van der Waals surface area contributed by atoms with E-state index in [4.69, 9.17) is 9.47 Å². The number of ether oxygens (including phenoxy) is 2. The van der Waals surface area contributed by atoms with Crippen LogP contribution in [0.2, 0.25) is 0 Å². The first-order chi connectivity index (χ1) is 20.8. The van der Waals surface area contributed by atoms with Crippen molar-refractivity contribution < 1.29 is 60.5 Å². The lowest BCUT2D eigenvalue weighted by molar-refractivity contribution is -0.0230. The fourth-order valence-corrected chi connectivity index (χ4v) is 7.05. The topological polar surface area (TPSA) is 221 Å². The van der Waals surface area contributed by atoms with Crippen LogP contribution in [0.15, 0.2) is 48.5 Å². The van der Waals surface area contributed by atoms with E-state index in [0.717, 1.165) is 0 Å². The zero-order chi connectivity index (χ0) is 31.3. The van der Waals surface area contributed by atoms with Gasteiger partial charge in [0.1, 0.15) is 24.4 Å². The highest BCUT2D eigenvalue weighted by Gasteiger charge is 2.52. The van der Waals surface area contributed by atoms with Crippen LogP contribution in [0.4, 0.5) is 0 Å². The van der Waals surface area contributed by atoms with Gasteiger partial charge in [-0.25, -0.2) is 0 Å². The van der Waals surface area contributed by atoms with Crippen molar-refractivity contribution in [1.29, 1.82) is 0 Å². The number of benzene rings is 4. The molecule has 4 aromatic rings. The van der Waals surface area contributed by atoms with Crippen LogP contribution in [0.25, 0.3) is 0 Å². The molecule has 0 amide bonds. The minimum atomic E-state index is -1.22. The quantitative estimate of drug-likeness (QED) is 0.131. The van der Waals surface area contributed by atoms with Crippen molar-refractivity contribution in [3.05, 3.63) is 81.9 Å². The number of phenolic OH excluding ortho intramolecular Hbond substituents is 8. The molecule has 2 heterocycles. The van der Waals surface area contributed by atoms with Crippen LogP contribution in [0.3, 0.4) is 0 Å². The molecule has 4 aliphatic rings. The van der Waals surface area contributed by atoms with E-state index >= 15 is 0 Å². The lowest BCUT2D eigenvalue weighted by atomic mass is 9.80. The molecule has 0 saturated carbocycles. The third kappa shape index (κ3) is 3.84. The van der Waals surface area contributed by atoms with Crippen LogP contribution in [0, 0.1) is 0 Å². The normalized spacial score (nSPS) is 25.0. The fraction of sp³-hybridized carbons (Fsp3) is 0.250. The zero-order valence-corrected chi connectivity index (χ0v) is 22.9. The van der Waals surface area contributed by atoms with Crippen molar-refractivity contribution in [2.24, 2.45) is 0 Å². The highest BCUT2D eigenvalue weighted by molar-refractivity contribution is 5.64. The summed E-state index contributed by atoms with van der Waals surface area (Å²) in [5, 5.41) is 99.6. The van der Waals surface area contributed by atoms with Crippen molar-refractivity contribution in [3.8, 4) is 57.5 Å². The number of rotatable bonds is 0. The Balaban J connectivity index is 0.000000142. The van der Waals surface area contributed by atoms with E-state index in [2.05, 4.69) is 0 Å². The molecule has 44 heavy (non-hydrogen) atoms. The molecule has 0 bridgehead atoms. The molecular formula is C32H28O12. The summed E-state index contributed by atoms with van der Waals surface area (Å²) in [7, 11) is 0. The smallest absolute Gasteiger partial charge is 0.200 e. The summed E-state index contributed by atoms with van der Waals surface area (Å²) in [6.45, 7) is -0.115. The fourth-order valence-electron chi connectivity index (χ4n) is 7.05. The minimum Gasteiger partial charge on any atom is -0.504 e. The SMILES string of the molecule is Oc1cc2c(cc1O)[C@@H]1c3ccc(O)c(O)c3OC[C@]1(O)C2.Oc1cc2c(cc1O)[C@@H]1c3ccc(O)c(O)c3OC[C@]1(O)C2. The van der Waals surface area contributed by atoms with Crippen LogP contribution < -0.4 is 9.47 Å². The molecule has 12 heteroatoms. The monoisotopic (exact) mass is 604 g/mol. The molecule has 0 unspecified atom stereocenters. The molecule has 12 nitrogen and oxygen atoms in total. The molecule has 4 aromatic carbocycles. The van der Waals surface area contributed by atoms with Gasteiger partial charge in [-0.15, -0.1) is 0 Å². The Hall–Kier alpha value is -5.20. The molecule has 2 aliphatic carbocycles. The van der Waals surface area contributed by atoms with Gasteiger partial charge < -0.3 is 60.5 Å². The Morgan fingerprint density at radius 1 is 0.477 bits per heavy atom. The summed E-state index contributed by atoms with van der Waals surface area (Å²) in [5.41, 5.74) is 1.40. The van der Waals surface area contributed by atoms with E-state index in [1.807, 2.05) is 0 Å². The van der Waals surface area contributed by atoms with Crippen LogP contribution in [-0.4, -0.2) is 75.5 Å². The Morgan fingerprint density at radius 3 is 1.23 bits per heavy atom. The van der Waals surface area contributed by atoms with Crippen molar-refractivity contribution in [1.82, 2.24) is 0 Å². The number of phenols is 8. The number of fused-ring (bicyclic) bond motifs is 10. The third-order valence-electron chi connectivity index (χ3n) is 9.00. The van der Waals surface area contributed by atoms with Crippen LogP contribution >= 0.6 is 0 Å². The second kappa shape index (κ2) is 9.15. The lowest BCUT2D eigenvalue weighted by Crippen LogP contribution is -2.43. The molecule has 0 radical (unpaired) electrons. The molecule has 0 spiro atoms. The maximum atomic E-state index is 10.9. The van der Waals surface area contributed by atoms with Gasteiger partial charge in [-0.05, 0) is 58.7 Å². The van der Waals surface area contributed by atoms with Gasteiger partial charge >= 0.3 is 0 Å². The van der Waals surface area contributed by atoms with Crippen LogP contribution in [0.5, 0.6) is 57.5 Å². The average molecular weight is 605 g/mol. The van der Waals surface area contributed by atoms with E-state index in [-0.39, 0.29) is 83.6 Å². The predicted octanol–water partition coefficient (Wildman–Crippen LogP) is 2.64. The van der Waals surface area contributed by atoms with E-state index in [9.17, 15) is 51.1 Å². The first-order valence-electron chi connectivity index (χ1n) is 13.7. The number of hydrogen-bond donors (Lipinski definition) is 10. The molecule has 10 N–H and O–H groups in total. The summed E-state index contributed by atoms with van der Waals surface area (Å²) in [6, 6.07) is 11.5. The molecule has 0 fully saturated rings. The summed E-state index contributed by atoms with van der Waals surface area (Å²) < 4.78 is 10.9. The largest absolute Gasteiger partial charge is 0.504 e. The molecule has 0 aromatic heterocycles. The highest BCUT2D eigenvalue weighted by Crippen LogP contribution is 2.57. The van der Waals surface area contributed by atoms with E-state index in [1.165, 1.54) is 36.4 Å². The van der Waals surface area contributed by atoms with E-state index in [1.54, 1.807) is 12.1 Å². The summed E-state index contributed by atoms with van der Waals surface area (Å²) in [4.78, 5) is 0. The lowest BCUT2D eigenvalue weighted by Gasteiger charge is -2.36. The van der Waals surface area contributed by atoms with Gasteiger partial charge in [0.2, 0.25) is 11.5 Å². The van der Waals surface area contributed by atoms with Crippen molar-refractivity contribution in [2.45, 2.75) is 35.9 Å². The van der Waals surface area contributed by atoms with Gasteiger partial charge in [0.25, 0.3) is 0 Å². The minimum absolute atomic E-state index is 0.0577. The zero-order valence-electron chi connectivity index (χ0n) is 22.9.